The van der Waals surface area contributed by atoms with E-state index >= 15 is 0 Å². The average Bonchev–Trinajstić information content (AvgIpc) is 3.22. The highest BCUT2D eigenvalue weighted by atomic mass is 35.5. The number of nitrogens with zero attached hydrogens (tertiary/aromatic N) is 1. The zero-order valence-corrected chi connectivity index (χ0v) is 11.6. The van der Waals surface area contributed by atoms with Crippen molar-refractivity contribution in [2.75, 3.05) is 0 Å². The molecule has 0 unspecified atom stereocenters. The van der Waals surface area contributed by atoms with Gasteiger partial charge in [0.1, 0.15) is 0 Å². The van der Waals surface area contributed by atoms with Gasteiger partial charge in [0.2, 0.25) is 0 Å². The van der Waals surface area contributed by atoms with Gasteiger partial charge in [-0.2, -0.15) is 0 Å². The maximum Gasteiger partial charge on any atom is 0.178 e. The Balaban J connectivity index is 1.94. The number of aromatic nitrogens is 2. The Hall–Kier alpha value is -0.800. The molecule has 0 amide bonds. The highest BCUT2D eigenvalue weighted by Gasteiger charge is 2.43. The molecule has 0 radical (unpaired) electrons. The molecule has 2 aromatic rings. The van der Waals surface area contributed by atoms with Crippen LogP contribution < -0.4 is 0 Å². The van der Waals surface area contributed by atoms with Crippen LogP contribution in [0.2, 0.25) is 5.02 Å². The first-order chi connectivity index (χ1) is 8.74. The Bertz CT molecular complexity index is 652. The molecule has 0 saturated heterocycles. The van der Waals surface area contributed by atoms with Gasteiger partial charge in [0.15, 0.2) is 4.77 Å². The van der Waals surface area contributed by atoms with Crippen LogP contribution in [0.1, 0.15) is 31.7 Å². The van der Waals surface area contributed by atoms with E-state index in [0.29, 0.717) is 6.04 Å². The minimum absolute atomic E-state index is 0.602. The maximum atomic E-state index is 6.13. The minimum atomic E-state index is 0.602. The number of hydrogen-bond donors (Lipinski definition) is 1. The van der Waals surface area contributed by atoms with Gasteiger partial charge in [0.05, 0.1) is 11.0 Å². The van der Waals surface area contributed by atoms with Crippen molar-refractivity contribution in [1.29, 1.82) is 0 Å². The molecule has 2 aliphatic rings. The number of H-pyrrole nitrogens is 1. The first-order valence-corrected chi connectivity index (χ1v) is 7.42. The molecule has 4 rings (SSSR count). The van der Waals surface area contributed by atoms with Crippen molar-refractivity contribution < 1.29 is 0 Å². The third-order valence-corrected chi connectivity index (χ3v) is 4.72. The first-order valence-electron chi connectivity index (χ1n) is 6.64. The van der Waals surface area contributed by atoms with Gasteiger partial charge >= 0.3 is 0 Å². The predicted octanol–water partition coefficient (Wildman–Crippen LogP) is 4.71. The molecule has 1 aromatic heterocycles. The molecule has 4 heteroatoms. The summed E-state index contributed by atoms with van der Waals surface area (Å²) < 4.78 is 3.20. The van der Waals surface area contributed by atoms with Crippen LogP contribution in [-0.4, -0.2) is 9.55 Å². The summed E-state index contributed by atoms with van der Waals surface area (Å²) >= 11 is 11.7. The lowest BCUT2D eigenvalue weighted by atomic mass is 10.1. The quantitative estimate of drug-likeness (QED) is 0.806. The van der Waals surface area contributed by atoms with E-state index in [2.05, 4.69) is 9.55 Å². The second kappa shape index (κ2) is 3.84. The van der Waals surface area contributed by atoms with E-state index < -0.39 is 0 Å². The van der Waals surface area contributed by atoms with E-state index in [1.165, 1.54) is 31.2 Å². The summed E-state index contributed by atoms with van der Waals surface area (Å²) in [6.45, 7) is 0. The first kappa shape index (κ1) is 11.1. The molecule has 2 aliphatic carbocycles. The topological polar surface area (TPSA) is 20.7 Å². The summed E-state index contributed by atoms with van der Waals surface area (Å²) in [5, 5.41) is 0.788. The summed E-state index contributed by atoms with van der Waals surface area (Å²) in [5.41, 5.74) is 2.28. The van der Waals surface area contributed by atoms with Crippen molar-refractivity contribution in [3.05, 3.63) is 28.0 Å². The van der Waals surface area contributed by atoms with Crippen molar-refractivity contribution >= 4 is 34.9 Å². The molecule has 1 N–H and O–H groups in total. The van der Waals surface area contributed by atoms with E-state index in [9.17, 15) is 0 Å². The molecule has 0 aliphatic heterocycles. The Labute approximate surface area is 116 Å². The van der Waals surface area contributed by atoms with Crippen LogP contribution in [0.3, 0.4) is 0 Å². The van der Waals surface area contributed by atoms with Crippen LogP contribution in [0.5, 0.6) is 0 Å². The SMILES string of the molecule is S=c1[nH]c2ccc(Cl)cc2n1C(C1CC1)C1CC1. The van der Waals surface area contributed by atoms with E-state index in [1.807, 2.05) is 18.2 Å². The number of nitrogens with one attached hydrogen (secondary N) is 1. The molecular formula is C14H15ClN2S. The van der Waals surface area contributed by atoms with Crippen LogP contribution >= 0.6 is 23.8 Å². The van der Waals surface area contributed by atoms with E-state index in [-0.39, 0.29) is 0 Å². The minimum Gasteiger partial charge on any atom is -0.331 e. The number of halogens is 1. The van der Waals surface area contributed by atoms with Crippen molar-refractivity contribution in [2.24, 2.45) is 11.8 Å². The highest BCUT2D eigenvalue weighted by molar-refractivity contribution is 7.71. The maximum absolute atomic E-state index is 6.13. The number of benzene rings is 1. The molecular weight excluding hydrogens is 264 g/mol. The highest BCUT2D eigenvalue weighted by Crippen LogP contribution is 2.52. The van der Waals surface area contributed by atoms with Gasteiger partial charge in [-0.1, -0.05) is 11.6 Å². The Morgan fingerprint density at radius 3 is 2.50 bits per heavy atom. The molecule has 0 bridgehead atoms. The van der Waals surface area contributed by atoms with Gasteiger partial charge in [0, 0.05) is 11.1 Å². The molecule has 0 spiro atoms. The molecule has 1 heterocycles. The van der Waals surface area contributed by atoms with E-state index in [4.69, 9.17) is 23.8 Å². The molecule has 2 fully saturated rings. The second-order valence-electron chi connectivity index (χ2n) is 5.63. The smallest absolute Gasteiger partial charge is 0.178 e. The van der Waals surface area contributed by atoms with E-state index in [1.54, 1.807) is 0 Å². The van der Waals surface area contributed by atoms with Gasteiger partial charge in [-0.25, -0.2) is 0 Å². The fraction of sp³-hybridized carbons (Fsp3) is 0.500. The summed E-state index contributed by atoms with van der Waals surface area (Å²) in [6, 6.07) is 6.59. The van der Waals surface area contributed by atoms with E-state index in [0.717, 1.165) is 27.1 Å². The van der Waals surface area contributed by atoms with Gasteiger partial charge < -0.3 is 9.55 Å². The second-order valence-corrected chi connectivity index (χ2v) is 6.45. The Kier molecular flexibility index (Phi) is 2.36. The Morgan fingerprint density at radius 2 is 1.89 bits per heavy atom. The van der Waals surface area contributed by atoms with Crippen molar-refractivity contribution in [3.8, 4) is 0 Å². The molecule has 18 heavy (non-hydrogen) atoms. The van der Waals surface area contributed by atoms with Crippen LogP contribution in [0.25, 0.3) is 11.0 Å². The van der Waals surface area contributed by atoms with Crippen molar-refractivity contribution in [1.82, 2.24) is 9.55 Å². The number of hydrogen-bond acceptors (Lipinski definition) is 1. The summed E-state index contributed by atoms with van der Waals surface area (Å²) in [7, 11) is 0. The van der Waals surface area contributed by atoms with Crippen LogP contribution in [-0.2, 0) is 0 Å². The fourth-order valence-electron chi connectivity index (χ4n) is 3.07. The lowest BCUT2D eigenvalue weighted by molar-refractivity contribution is 0.400. The Morgan fingerprint density at radius 1 is 1.22 bits per heavy atom. The van der Waals surface area contributed by atoms with Gasteiger partial charge in [0.25, 0.3) is 0 Å². The molecule has 2 saturated carbocycles. The average molecular weight is 279 g/mol. The molecule has 94 valence electrons. The summed E-state index contributed by atoms with van der Waals surface area (Å²) in [6.07, 6.45) is 5.43. The number of rotatable bonds is 3. The molecule has 2 nitrogen and oxygen atoms in total. The lowest BCUT2D eigenvalue weighted by Gasteiger charge is -2.18. The fourth-order valence-corrected chi connectivity index (χ4v) is 3.57. The van der Waals surface area contributed by atoms with Crippen LogP contribution in [0.15, 0.2) is 18.2 Å². The lowest BCUT2D eigenvalue weighted by Crippen LogP contribution is -2.13. The predicted molar refractivity (Wildman–Crippen MR) is 76.6 cm³/mol. The van der Waals surface area contributed by atoms with Crippen molar-refractivity contribution in [2.45, 2.75) is 31.7 Å². The van der Waals surface area contributed by atoms with Crippen molar-refractivity contribution in [3.63, 3.8) is 0 Å². The zero-order chi connectivity index (χ0) is 12.3. The van der Waals surface area contributed by atoms with Crippen LogP contribution in [0, 0.1) is 16.6 Å². The standard InChI is InChI=1S/C14H15ClN2S/c15-10-5-6-11-12(7-10)17(14(18)16-11)13(8-1-2-8)9-3-4-9/h5-9,13H,1-4H2,(H,16,18). The third kappa shape index (κ3) is 1.72. The van der Waals surface area contributed by atoms with Gasteiger partial charge in [-0.15, -0.1) is 0 Å². The summed E-state index contributed by atoms with van der Waals surface area (Å²) in [4.78, 5) is 3.32. The monoisotopic (exact) mass is 278 g/mol. The number of imidazole rings is 1. The molecule has 1 aromatic carbocycles. The largest absolute Gasteiger partial charge is 0.331 e. The number of aromatic amines is 1. The van der Waals surface area contributed by atoms with Gasteiger partial charge in [-0.05, 0) is 67.9 Å². The summed E-state index contributed by atoms with van der Waals surface area (Å²) in [5.74, 6) is 1.67. The number of fused-ring (bicyclic) bond motifs is 1. The third-order valence-electron chi connectivity index (χ3n) is 4.19. The zero-order valence-electron chi connectivity index (χ0n) is 10.0. The molecule has 0 atom stereocenters. The van der Waals surface area contributed by atoms with Crippen LogP contribution in [0.4, 0.5) is 0 Å². The van der Waals surface area contributed by atoms with Gasteiger partial charge in [-0.3, -0.25) is 0 Å². The normalized spacial score (nSPS) is 19.9.